The van der Waals surface area contributed by atoms with Crippen LogP contribution in [0, 0.1) is 5.92 Å². The molecular weight excluding hydrogens is 383 g/mol. The van der Waals surface area contributed by atoms with Crippen molar-refractivity contribution in [3.8, 4) is 11.1 Å². The number of pyridine rings is 1. The summed E-state index contributed by atoms with van der Waals surface area (Å²) in [5.74, 6) is 0.371. The van der Waals surface area contributed by atoms with Crippen molar-refractivity contribution in [1.29, 1.82) is 0 Å². The molecule has 1 heterocycles. The van der Waals surface area contributed by atoms with Crippen LogP contribution in [-0.4, -0.2) is 37.1 Å². The van der Waals surface area contributed by atoms with E-state index in [0.29, 0.717) is 18.0 Å². The minimum Gasteiger partial charge on any atom is -0.378 e. The van der Waals surface area contributed by atoms with E-state index in [1.165, 1.54) is 0 Å². The molecule has 0 bridgehead atoms. The third kappa shape index (κ3) is 5.34. The predicted molar refractivity (Wildman–Crippen MR) is 116 cm³/mol. The Morgan fingerprint density at radius 1 is 1.19 bits per heavy atom. The van der Waals surface area contributed by atoms with Crippen LogP contribution < -0.4 is 16.0 Å². The lowest BCUT2D eigenvalue weighted by Crippen LogP contribution is -2.53. The van der Waals surface area contributed by atoms with E-state index >= 15 is 0 Å². The highest BCUT2D eigenvalue weighted by atomic mass is 35.5. The fourth-order valence-corrected chi connectivity index (χ4v) is 3.05. The van der Waals surface area contributed by atoms with Gasteiger partial charge in [0, 0.05) is 44.3 Å². The maximum Gasteiger partial charge on any atom is 0.253 e. The van der Waals surface area contributed by atoms with Crippen molar-refractivity contribution in [2.45, 2.75) is 25.3 Å². The quantitative estimate of drug-likeness (QED) is 0.763. The number of hydrogen-bond donors (Lipinski definition) is 2. The fourth-order valence-electron chi connectivity index (χ4n) is 3.05. The largest absolute Gasteiger partial charge is 0.378 e. The number of halogens is 2. The maximum absolute atomic E-state index is 12.7. The number of rotatable bonds is 6. The number of aromatic nitrogens is 1. The SMILES string of the molecule is CN(C)c1ccc(-c2cncc(C(=O)NC(C)(CN)C3CC3)c2)cc1.Cl.Cl. The van der Waals surface area contributed by atoms with Crippen LogP contribution in [0.15, 0.2) is 42.7 Å². The topological polar surface area (TPSA) is 71.2 Å². The van der Waals surface area contributed by atoms with Crippen molar-refractivity contribution < 1.29 is 4.79 Å². The number of anilines is 1. The van der Waals surface area contributed by atoms with Gasteiger partial charge in [-0.3, -0.25) is 9.78 Å². The Hall–Kier alpha value is -1.82. The van der Waals surface area contributed by atoms with Crippen LogP contribution in [0.1, 0.15) is 30.1 Å². The number of carbonyl (C=O) groups excluding carboxylic acids is 1. The molecule has 1 fully saturated rings. The van der Waals surface area contributed by atoms with E-state index in [4.69, 9.17) is 5.73 Å². The van der Waals surface area contributed by atoms with E-state index in [0.717, 1.165) is 29.7 Å². The Morgan fingerprint density at radius 3 is 2.33 bits per heavy atom. The van der Waals surface area contributed by atoms with E-state index in [2.05, 4.69) is 27.3 Å². The Bertz CT molecular complexity index is 763. The van der Waals surface area contributed by atoms with Crippen molar-refractivity contribution in [3.05, 3.63) is 48.3 Å². The smallest absolute Gasteiger partial charge is 0.253 e. The molecule has 1 unspecified atom stereocenters. The van der Waals surface area contributed by atoms with Crippen LogP contribution in [-0.2, 0) is 0 Å². The molecule has 1 amide bonds. The van der Waals surface area contributed by atoms with Crippen LogP contribution >= 0.6 is 24.8 Å². The molecular formula is C20H28Cl2N4O. The van der Waals surface area contributed by atoms with Crippen molar-refractivity contribution in [2.75, 3.05) is 25.5 Å². The minimum absolute atomic E-state index is 0. The number of amides is 1. The first-order chi connectivity index (χ1) is 11.9. The number of nitrogens with one attached hydrogen (secondary N) is 1. The second kappa shape index (κ2) is 9.40. The molecule has 3 N–H and O–H groups in total. The molecule has 1 atom stereocenters. The van der Waals surface area contributed by atoms with Gasteiger partial charge in [-0.1, -0.05) is 12.1 Å². The lowest BCUT2D eigenvalue weighted by Gasteiger charge is -2.29. The van der Waals surface area contributed by atoms with Crippen LogP contribution in [0.4, 0.5) is 5.69 Å². The van der Waals surface area contributed by atoms with Gasteiger partial charge in [-0.25, -0.2) is 0 Å². The number of nitrogens with zero attached hydrogens (tertiary/aromatic N) is 2. The molecule has 1 aliphatic carbocycles. The van der Waals surface area contributed by atoms with E-state index < -0.39 is 0 Å². The second-order valence-electron chi connectivity index (χ2n) is 7.25. The first kappa shape index (κ1) is 23.2. The highest BCUT2D eigenvalue weighted by molar-refractivity contribution is 5.95. The number of benzene rings is 1. The summed E-state index contributed by atoms with van der Waals surface area (Å²) in [5.41, 5.74) is 9.23. The fraction of sp³-hybridized carbons (Fsp3) is 0.400. The lowest BCUT2D eigenvalue weighted by molar-refractivity contribution is 0.0897. The maximum atomic E-state index is 12.7. The number of carbonyl (C=O) groups is 1. The van der Waals surface area contributed by atoms with Crippen LogP contribution in [0.3, 0.4) is 0 Å². The van der Waals surface area contributed by atoms with Gasteiger partial charge in [-0.2, -0.15) is 0 Å². The molecule has 0 aliphatic heterocycles. The summed E-state index contributed by atoms with van der Waals surface area (Å²) in [4.78, 5) is 19.0. The molecule has 1 saturated carbocycles. The van der Waals surface area contributed by atoms with Gasteiger partial charge in [0.05, 0.1) is 11.1 Å². The highest BCUT2D eigenvalue weighted by Gasteiger charge is 2.41. The molecule has 0 spiro atoms. The minimum atomic E-state index is -0.333. The van der Waals surface area contributed by atoms with Gasteiger partial charge in [0.1, 0.15) is 0 Å². The van der Waals surface area contributed by atoms with Gasteiger partial charge in [-0.15, -0.1) is 24.8 Å². The number of hydrogen-bond acceptors (Lipinski definition) is 4. The summed E-state index contributed by atoms with van der Waals surface area (Å²) in [5, 5.41) is 3.11. The van der Waals surface area contributed by atoms with Crippen molar-refractivity contribution in [2.24, 2.45) is 11.7 Å². The molecule has 148 valence electrons. The first-order valence-electron chi connectivity index (χ1n) is 8.68. The summed E-state index contributed by atoms with van der Waals surface area (Å²) in [6.45, 7) is 2.47. The first-order valence-corrected chi connectivity index (χ1v) is 8.68. The molecule has 0 radical (unpaired) electrons. The summed E-state index contributed by atoms with van der Waals surface area (Å²) in [6, 6.07) is 10.1. The van der Waals surface area contributed by atoms with Crippen molar-refractivity contribution in [3.63, 3.8) is 0 Å². The average molecular weight is 411 g/mol. The Labute approximate surface area is 173 Å². The monoisotopic (exact) mass is 410 g/mol. The zero-order valence-corrected chi connectivity index (χ0v) is 17.6. The number of nitrogens with two attached hydrogens (primary N) is 1. The zero-order chi connectivity index (χ0) is 18.0. The molecule has 3 rings (SSSR count). The van der Waals surface area contributed by atoms with E-state index in [9.17, 15) is 4.79 Å². The van der Waals surface area contributed by atoms with Crippen molar-refractivity contribution in [1.82, 2.24) is 10.3 Å². The van der Waals surface area contributed by atoms with Gasteiger partial charge in [0.25, 0.3) is 5.91 Å². The highest BCUT2D eigenvalue weighted by Crippen LogP contribution is 2.39. The van der Waals surface area contributed by atoms with E-state index in [-0.39, 0.29) is 36.3 Å². The van der Waals surface area contributed by atoms with E-state index in [1.54, 1.807) is 12.4 Å². The summed E-state index contributed by atoms with van der Waals surface area (Å²) in [7, 11) is 4.02. The molecule has 0 saturated heterocycles. The van der Waals surface area contributed by atoms with Gasteiger partial charge >= 0.3 is 0 Å². The second-order valence-corrected chi connectivity index (χ2v) is 7.25. The Kier molecular flexibility index (Phi) is 8.08. The molecule has 7 heteroatoms. The summed E-state index contributed by atoms with van der Waals surface area (Å²) < 4.78 is 0. The summed E-state index contributed by atoms with van der Waals surface area (Å²) >= 11 is 0. The molecule has 1 aliphatic rings. The standard InChI is InChI=1S/C20H26N4O.2ClH/c1-20(13-21,17-6-7-17)23-19(25)16-10-15(11-22-12-16)14-4-8-18(9-5-14)24(2)3;;/h4-5,8-12,17H,6-7,13,21H2,1-3H3,(H,23,25);2*1H. The van der Waals surface area contributed by atoms with E-state index in [1.807, 2.05) is 39.2 Å². The average Bonchev–Trinajstić information content (AvgIpc) is 3.47. The van der Waals surface area contributed by atoms with Gasteiger partial charge < -0.3 is 16.0 Å². The zero-order valence-electron chi connectivity index (χ0n) is 15.9. The Morgan fingerprint density at radius 2 is 1.81 bits per heavy atom. The molecule has 2 aromatic rings. The van der Waals surface area contributed by atoms with Gasteiger partial charge in [0.15, 0.2) is 0 Å². The third-order valence-corrected chi connectivity index (χ3v) is 5.02. The predicted octanol–water partition coefficient (Wildman–Crippen LogP) is 3.52. The molecule has 5 nitrogen and oxygen atoms in total. The normalized spacial score (nSPS) is 15.0. The third-order valence-electron chi connectivity index (χ3n) is 5.02. The Balaban J connectivity index is 0.00000182. The molecule has 1 aromatic carbocycles. The van der Waals surface area contributed by atoms with Crippen LogP contribution in [0.2, 0.25) is 0 Å². The lowest BCUT2D eigenvalue weighted by atomic mass is 9.95. The van der Waals surface area contributed by atoms with Gasteiger partial charge in [-0.05, 0) is 49.4 Å². The van der Waals surface area contributed by atoms with Crippen LogP contribution in [0.5, 0.6) is 0 Å². The molecule has 27 heavy (non-hydrogen) atoms. The van der Waals surface area contributed by atoms with Crippen LogP contribution in [0.25, 0.3) is 11.1 Å². The molecule has 1 aromatic heterocycles. The summed E-state index contributed by atoms with van der Waals surface area (Å²) in [6.07, 6.45) is 5.65. The van der Waals surface area contributed by atoms with Gasteiger partial charge in [0.2, 0.25) is 0 Å². The van der Waals surface area contributed by atoms with Crippen molar-refractivity contribution >= 4 is 36.4 Å².